The summed E-state index contributed by atoms with van der Waals surface area (Å²) in [7, 11) is 0. The highest BCUT2D eigenvalue weighted by molar-refractivity contribution is 5.49. The number of benzene rings is 1. The van der Waals surface area contributed by atoms with Crippen molar-refractivity contribution >= 4 is 5.69 Å². The van der Waals surface area contributed by atoms with E-state index in [1.807, 2.05) is 6.92 Å². The summed E-state index contributed by atoms with van der Waals surface area (Å²) in [5.41, 5.74) is 2.63. The molecule has 2 N–H and O–H groups in total. The van der Waals surface area contributed by atoms with Crippen molar-refractivity contribution in [3.63, 3.8) is 0 Å². The summed E-state index contributed by atoms with van der Waals surface area (Å²) < 4.78 is 0. The Kier molecular flexibility index (Phi) is 5.23. The maximum Gasteiger partial charge on any atom is 0.0662 e. The Balaban J connectivity index is 1.97. The van der Waals surface area contributed by atoms with Crippen molar-refractivity contribution in [2.75, 3.05) is 24.5 Å². The zero-order valence-electron chi connectivity index (χ0n) is 12.1. The van der Waals surface area contributed by atoms with Gasteiger partial charge >= 0.3 is 0 Å². The highest BCUT2D eigenvalue weighted by Gasteiger charge is 2.14. The van der Waals surface area contributed by atoms with E-state index >= 15 is 0 Å². The maximum atomic E-state index is 9.61. The second kappa shape index (κ2) is 6.92. The quantitative estimate of drug-likeness (QED) is 0.827. The molecular weight excluding hydrogens is 236 g/mol. The number of rotatable bonds is 6. The van der Waals surface area contributed by atoms with E-state index in [-0.39, 0.29) is 12.1 Å². The molecule has 3 heteroatoms. The molecule has 1 aromatic carbocycles. The molecule has 0 bridgehead atoms. The lowest BCUT2D eigenvalue weighted by atomic mass is 10.1. The molecule has 1 aliphatic heterocycles. The minimum Gasteiger partial charge on any atom is -0.392 e. The summed E-state index contributed by atoms with van der Waals surface area (Å²) in [6.07, 6.45) is 3.17. The SMILES string of the molecule is CC[C@H](O)CN[C@H](C)c1cccc(N2CCCC2)c1. The first-order valence-corrected chi connectivity index (χ1v) is 7.47. The molecule has 0 saturated carbocycles. The number of hydrogen-bond acceptors (Lipinski definition) is 3. The third kappa shape index (κ3) is 3.95. The zero-order chi connectivity index (χ0) is 13.7. The fourth-order valence-electron chi connectivity index (χ4n) is 2.54. The van der Waals surface area contributed by atoms with Crippen LogP contribution in [-0.4, -0.2) is 30.8 Å². The Labute approximate surface area is 116 Å². The van der Waals surface area contributed by atoms with Crippen LogP contribution in [0.5, 0.6) is 0 Å². The highest BCUT2D eigenvalue weighted by atomic mass is 16.3. The Morgan fingerprint density at radius 2 is 2.05 bits per heavy atom. The lowest BCUT2D eigenvalue weighted by molar-refractivity contribution is 0.164. The van der Waals surface area contributed by atoms with Crippen LogP contribution in [0.25, 0.3) is 0 Å². The smallest absolute Gasteiger partial charge is 0.0662 e. The molecule has 1 saturated heterocycles. The van der Waals surface area contributed by atoms with Crippen molar-refractivity contribution in [2.24, 2.45) is 0 Å². The fraction of sp³-hybridized carbons (Fsp3) is 0.625. The first kappa shape index (κ1) is 14.4. The number of hydrogen-bond donors (Lipinski definition) is 2. The summed E-state index contributed by atoms with van der Waals surface area (Å²) in [4.78, 5) is 2.46. The fourth-order valence-corrected chi connectivity index (χ4v) is 2.54. The molecule has 19 heavy (non-hydrogen) atoms. The van der Waals surface area contributed by atoms with Gasteiger partial charge in [0.15, 0.2) is 0 Å². The van der Waals surface area contributed by atoms with Gasteiger partial charge in [0.1, 0.15) is 0 Å². The summed E-state index contributed by atoms with van der Waals surface area (Å²) in [6, 6.07) is 9.06. The lowest BCUT2D eigenvalue weighted by Crippen LogP contribution is -2.28. The van der Waals surface area contributed by atoms with Crippen molar-refractivity contribution in [1.82, 2.24) is 5.32 Å². The predicted octanol–water partition coefficient (Wildman–Crippen LogP) is 2.71. The number of nitrogens with one attached hydrogen (secondary N) is 1. The van der Waals surface area contributed by atoms with Gasteiger partial charge in [0.2, 0.25) is 0 Å². The molecule has 0 unspecified atom stereocenters. The topological polar surface area (TPSA) is 35.5 Å². The Morgan fingerprint density at radius 1 is 1.32 bits per heavy atom. The number of anilines is 1. The van der Waals surface area contributed by atoms with Crippen LogP contribution in [0.4, 0.5) is 5.69 Å². The predicted molar refractivity (Wildman–Crippen MR) is 80.6 cm³/mol. The van der Waals surface area contributed by atoms with E-state index < -0.39 is 0 Å². The Bertz CT molecular complexity index is 388. The van der Waals surface area contributed by atoms with E-state index in [1.165, 1.54) is 37.2 Å². The van der Waals surface area contributed by atoms with Crippen LogP contribution < -0.4 is 10.2 Å². The standard InChI is InChI=1S/C16H26N2O/c1-3-16(19)12-17-13(2)14-7-6-8-15(11-14)18-9-4-5-10-18/h6-8,11,13,16-17,19H,3-5,9-10,12H2,1-2H3/t13-,16+/m1/s1. The molecule has 0 aliphatic carbocycles. The van der Waals surface area contributed by atoms with Gasteiger partial charge in [0.25, 0.3) is 0 Å². The molecule has 1 aliphatic rings. The summed E-state index contributed by atoms with van der Waals surface area (Å²) in [6.45, 7) is 7.18. The van der Waals surface area contributed by atoms with Crippen LogP contribution >= 0.6 is 0 Å². The van der Waals surface area contributed by atoms with Gasteiger partial charge in [-0.1, -0.05) is 19.1 Å². The minimum atomic E-state index is -0.246. The molecular formula is C16H26N2O. The van der Waals surface area contributed by atoms with E-state index in [1.54, 1.807) is 0 Å². The Morgan fingerprint density at radius 3 is 2.74 bits per heavy atom. The first-order chi connectivity index (χ1) is 9.20. The van der Waals surface area contributed by atoms with Crippen LogP contribution in [0.15, 0.2) is 24.3 Å². The van der Waals surface area contributed by atoms with Gasteiger partial charge in [0.05, 0.1) is 6.10 Å². The van der Waals surface area contributed by atoms with Gasteiger partial charge in [-0.25, -0.2) is 0 Å². The molecule has 1 fully saturated rings. The summed E-state index contributed by atoms with van der Waals surface area (Å²) in [5, 5.41) is 13.0. The van der Waals surface area contributed by atoms with Gasteiger partial charge in [-0.2, -0.15) is 0 Å². The van der Waals surface area contributed by atoms with Crippen LogP contribution in [0.3, 0.4) is 0 Å². The molecule has 1 aromatic rings. The molecule has 3 nitrogen and oxygen atoms in total. The van der Waals surface area contributed by atoms with Crippen molar-refractivity contribution in [2.45, 2.75) is 45.3 Å². The van der Waals surface area contributed by atoms with Gasteiger partial charge in [-0.05, 0) is 43.9 Å². The van der Waals surface area contributed by atoms with Crippen LogP contribution in [0, 0.1) is 0 Å². The number of aliphatic hydroxyl groups excluding tert-OH is 1. The lowest BCUT2D eigenvalue weighted by Gasteiger charge is -2.21. The first-order valence-electron chi connectivity index (χ1n) is 7.47. The molecule has 0 aromatic heterocycles. The molecule has 106 valence electrons. The zero-order valence-corrected chi connectivity index (χ0v) is 12.1. The van der Waals surface area contributed by atoms with E-state index in [0.29, 0.717) is 6.54 Å². The maximum absolute atomic E-state index is 9.61. The Hall–Kier alpha value is -1.06. The van der Waals surface area contributed by atoms with E-state index in [9.17, 15) is 5.11 Å². The molecule has 1 heterocycles. The third-order valence-corrected chi connectivity index (χ3v) is 3.97. The molecule has 0 amide bonds. The van der Waals surface area contributed by atoms with Gasteiger partial charge in [-0.15, -0.1) is 0 Å². The highest BCUT2D eigenvalue weighted by Crippen LogP contribution is 2.23. The monoisotopic (exact) mass is 262 g/mol. The van der Waals surface area contributed by atoms with E-state index in [2.05, 4.69) is 41.4 Å². The van der Waals surface area contributed by atoms with E-state index in [4.69, 9.17) is 0 Å². The second-order valence-corrected chi connectivity index (χ2v) is 5.48. The summed E-state index contributed by atoms with van der Waals surface area (Å²) >= 11 is 0. The minimum absolute atomic E-state index is 0.246. The molecule has 0 radical (unpaired) electrons. The molecule has 2 atom stereocenters. The summed E-state index contributed by atoms with van der Waals surface area (Å²) in [5.74, 6) is 0. The second-order valence-electron chi connectivity index (χ2n) is 5.48. The van der Waals surface area contributed by atoms with Crippen LogP contribution in [0.1, 0.15) is 44.7 Å². The number of nitrogens with zero attached hydrogens (tertiary/aromatic N) is 1. The van der Waals surface area contributed by atoms with Crippen molar-refractivity contribution in [1.29, 1.82) is 0 Å². The van der Waals surface area contributed by atoms with Gasteiger partial charge < -0.3 is 15.3 Å². The largest absolute Gasteiger partial charge is 0.392 e. The van der Waals surface area contributed by atoms with Crippen LogP contribution in [-0.2, 0) is 0 Å². The van der Waals surface area contributed by atoms with Crippen molar-refractivity contribution < 1.29 is 5.11 Å². The average molecular weight is 262 g/mol. The average Bonchev–Trinajstić information content (AvgIpc) is 2.98. The van der Waals surface area contributed by atoms with Gasteiger partial charge in [-0.3, -0.25) is 0 Å². The van der Waals surface area contributed by atoms with Gasteiger partial charge in [0, 0.05) is 31.4 Å². The van der Waals surface area contributed by atoms with E-state index in [0.717, 1.165) is 6.42 Å². The molecule has 0 spiro atoms. The third-order valence-electron chi connectivity index (χ3n) is 3.97. The van der Waals surface area contributed by atoms with Crippen molar-refractivity contribution in [3.8, 4) is 0 Å². The number of aliphatic hydroxyl groups is 1. The normalized spacial score (nSPS) is 18.6. The van der Waals surface area contributed by atoms with Crippen molar-refractivity contribution in [3.05, 3.63) is 29.8 Å². The molecule has 2 rings (SSSR count). The van der Waals surface area contributed by atoms with Crippen LogP contribution in [0.2, 0.25) is 0 Å².